The van der Waals surface area contributed by atoms with Crippen LogP contribution in [0.3, 0.4) is 0 Å². The van der Waals surface area contributed by atoms with E-state index in [-0.39, 0.29) is 23.3 Å². The Morgan fingerprint density at radius 1 is 1.00 bits per heavy atom. The first-order chi connectivity index (χ1) is 12.1. The van der Waals surface area contributed by atoms with Crippen LogP contribution < -0.4 is 0 Å². The summed E-state index contributed by atoms with van der Waals surface area (Å²) in [4.78, 5) is 11.5. The molecular formula is C19H16F2O4S. The lowest BCUT2D eigenvalue weighted by Gasteiger charge is -2.10. The van der Waals surface area contributed by atoms with Gasteiger partial charge in [0, 0.05) is 17.4 Å². The minimum Gasteiger partial charge on any atom is -0.457 e. The third kappa shape index (κ3) is 3.14. The predicted molar refractivity (Wildman–Crippen MR) is 93.2 cm³/mol. The van der Waals surface area contributed by atoms with Gasteiger partial charge in [-0.05, 0) is 42.7 Å². The first kappa shape index (κ1) is 18.3. The third-order valence-corrected chi connectivity index (χ3v) is 5.51. The Hall–Kier alpha value is -2.54. The molecule has 0 aromatic heterocycles. The molecule has 0 aliphatic carbocycles. The van der Waals surface area contributed by atoms with Gasteiger partial charge in [-0.15, -0.1) is 0 Å². The monoisotopic (exact) mass is 378 g/mol. The van der Waals surface area contributed by atoms with Crippen molar-refractivity contribution in [2.75, 3.05) is 12.9 Å². The number of sulfone groups is 1. The molecule has 1 aliphatic rings. The molecule has 1 aliphatic heterocycles. The predicted octanol–water partition coefficient (Wildman–Crippen LogP) is 3.45. The number of carbonyl (C=O) groups is 1. The number of benzene rings is 2. The Bertz CT molecular complexity index is 1070. The third-order valence-electron chi connectivity index (χ3n) is 4.40. The van der Waals surface area contributed by atoms with Crippen LogP contribution in [-0.4, -0.2) is 27.2 Å². The molecule has 0 unspecified atom stereocenters. The second-order valence-corrected chi connectivity index (χ2v) is 8.25. The molecule has 2 aromatic carbocycles. The zero-order chi connectivity index (χ0) is 19.2. The molecule has 0 atom stereocenters. The number of cyclic esters (lactones) is 1. The van der Waals surface area contributed by atoms with Gasteiger partial charge in [0.15, 0.2) is 9.84 Å². The van der Waals surface area contributed by atoms with Gasteiger partial charge < -0.3 is 4.74 Å². The fourth-order valence-corrected chi connectivity index (χ4v) is 3.58. The minimum atomic E-state index is -3.91. The Balaban J connectivity index is 2.23. The van der Waals surface area contributed by atoms with Gasteiger partial charge in [-0.25, -0.2) is 22.0 Å². The summed E-state index contributed by atoms with van der Waals surface area (Å²) in [5, 5.41) is 0. The fourth-order valence-electron chi connectivity index (χ4n) is 2.85. The largest absolute Gasteiger partial charge is 0.457 e. The molecule has 7 heteroatoms. The summed E-state index contributed by atoms with van der Waals surface area (Å²) >= 11 is 0. The van der Waals surface area contributed by atoms with Crippen LogP contribution in [0.1, 0.15) is 22.3 Å². The van der Waals surface area contributed by atoms with Crippen LogP contribution in [0.5, 0.6) is 0 Å². The van der Waals surface area contributed by atoms with Crippen molar-refractivity contribution in [2.45, 2.75) is 18.7 Å². The zero-order valence-electron chi connectivity index (χ0n) is 14.4. The molecule has 0 saturated heterocycles. The average molecular weight is 378 g/mol. The lowest BCUT2D eigenvalue weighted by Crippen LogP contribution is -2.04. The van der Waals surface area contributed by atoms with Crippen molar-refractivity contribution in [3.8, 4) is 0 Å². The molecule has 4 nitrogen and oxygen atoms in total. The average Bonchev–Trinajstić information content (AvgIpc) is 2.92. The number of hydrogen-bond acceptors (Lipinski definition) is 4. The number of halogens is 2. The highest BCUT2D eigenvalue weighted by Crippen LogP contribution is 2.36. The van der Waals surface area contributed by atoms with Gasteiger partial charge >= 0.3 is 5.97 Å². The van der Waals surface area contributed by atoms with E-state index in [2.05, 4.69) is 0 Å². The summed E-state index contributed by atoms with van der Waals surface area (Å²) < 4.78 is 56.9. The van der Waals surface area contributed by atoms with Crippen LogP contribution in [0, 0.1) is 25.5 Å². The van der Waals surface area contributed by atoms with Crippen molar-refractivity contribution in [3.05, 3.63) is 64.2 Å². The second-order valence-electron chi connectivity index (χ2n) is 6.26. The normalized spacial score (nSPS) is 14.7. The zero-order valence-corrected chi connectivity index (χ0v) is 15.2. The van der Waals surface area contributed by atoms with Crippen LogP contribution >= 0.6 is 0 Å². The number of esters is 1. The summed E-state index contributed by atoms with van der Waals surface area (Å²) in [7, 11) is -3.91. The van der Waals surface area contributed by atoms with E-state index >= 15 is 0 Å². The van der Waals surface area contributed by atoms with Crippen LogP contribution in [0.25, 0.3) is 11.1 Å². The van der Waals surface area contributed by atoms with Crippen molar-refractivity contribution in [1.82, 2.24) is 0 Å². The van der Waals surface area contributed by atoms with E-state index in [1.165, 1.54) is 0 Å². The maximum Gasteiger partial charge on any atom is 0.339 e. The molecule has 0 bridgehead atoms. The van der Waals surface area contributed by atoms with E-state index < -0.39 is 32.3 Å². The van der Waals surface area contributed by atoms with Crippen LogP contribution in [0.2, 0.25) is 0 Å². The first-order valence-corrected chi connectivity index (χ1v) is 9.66. The standard InChI is InChI=1S/C19H16F2O4S/c1-10-4-5-12(6-11(10)2)18-14(9-25-19(18)22)13-7-16(21)17(8-15(13)20)26(3,23)24/h4-8H,9H2,1-3H3. The lowest BCUT2D eigenvalue weighted by molar-refractivity contribution is -0.133. The van der Waals surface area contributed by atoms with E-state index in [1.807, 2.05) is 19.9 Å². The van der Waals surface area contributed by atoms with Crippen molar-refractivity contribution in [3.63, 3.8) is 0 Å². The van der Waals surface area contributed by atoms with Gasteiger partial charge in [0.25, 0.3) is 0 Å². The van der Waals surface area contributed by atoms with Crippen molar-refractivity contribution in [2.24, 2.45) is 0 Å². The van der Waals surface area contributed by atoms with E-state index in [0.29, 0.717) is 11.6 Å². The number of rotatable bonds is 3. The molecule has 136 valence electrons. The molecule has 0 amide bonds. The van der Waals surface area contributed by atoms with Crippen LogP contribution in [0.4, 0.5) is 8.78 Å². The smallest absolute Gasteiger partial charge is 0.339 e. The van der Waals surface area contributed by atoms with Crippen LogP contribution in [0.15, 0.2) is 35.2 Å². The van der Waals surface area contributed by atoms with Gasteiger partial charge in [0.05, 0.1) is 5.57 Å². The number of carbonyl (C=O) groups excluding carboxylic acids is 1. The molecule has 0 saturated carbocycles. The lowest BCUT2D eigenvalue weighted by atomic mass is 9.94. The molecule has 0 spiro atoms. The second kappa shape index (κ2) is 6.32. The van der Waals surface area contributed by atoms with Gasteiger partial charge in [-0.3, -0.25) is 0 Å². The van der Waals surface area contributed by atoms with Gasteiger partial charge in [0.2, 0.25) is 0 Å². The molecular weight excluding hydrogens is 362 g/mol. The highest BCUT2D eigenvalue weighted by Gasteiger charge is 2.30. The van der Waals surface area contributed by atoms with E-state index in [1.54, 1.807) is 12.1 Å². The Morgan fingerprint density at radius 2 is 1.69 bits per heavy atom. The van der Waals surface area contributed by atoms with Gasteiger partial charge in [-0.1, -0.05) is 18.2 Å². The molecule has 0 fully saturated rings. The topological polar surface area (TPSA) is 60.4 Å². The molecule has 1 heterocycles. The Labute approximate surface area is 150 Å². The maximum absolute atomic E-state index is 14.5. The number of hydrogen-bond donors (Lipinski definition) is 0. The molecule has 3 rings (SSSR count). The van der Waals surface area contributed by atoms with Gasteiger partial charge in [0.1, 0.15) is 23.1 Å². The molecule has 2 aromatic rings. The number of ether oxygens (including phenoxy) is 1. The summed E-state index contributed by atoms with van der Waals surface area (Å²) in [6.07, 6.45) is 0.798. The minimum absolute atomic E-state index is 0.151. The summed E-state index contributed by atoms with van der Waals surface area (Å²) in [6, 6.07) is 6.74. The first-order valence-electron chi connectivity index (χ1n) is 7.77. The van der Waals surface area contributed by atoms with E-state index in [0.717, 1.165) is 23.4 Å². The van der Waals surface area contributed by atoms with Crippen LogP contribution in [-0.2, 0) is 19.4 Å². The highest BCUT2D eigenvalue weighted by molar-refractivity contribution is 7.90. The van der Waals surface area contributed by atoms with Crippen molar-refractivity contribution < 1.29 is 26.7 Å². The molecule has 26 heavy (non-hydrogen) atoms. The Kier molecular flexibility index (Phi) is 4.44. The van der Waals surface area contributed by atoms with E-state index in [9.17, 15) is 22.0 Å². The quantitative estimate of drug-likeness (QED) is 0.768. The fraction of sp³-hybridized carbons (Fsp3) is 0.211. The maximum atomic E-state index is 14.5. The van der Waals surface area contributed by atoms with Crippen molar-refractivity contribution in [1.29, 1.82) is 0 Å². The summed E-state index contributed by atoms with van der Waals surface area (Å²) in [5.74, 6) is -2.63. The number of aryl methyl sites for hydroxylation is 2. The summed E-state index contributed by atoms with van der Waals surface area (Å²) in [6.45, 7) is 3.58. The van der Waals surface area contributed by atoms with Gasteiger partial charge in [-0.2, -0.15) is 0 Å². The molecule has 0 N–H and O–H groups in total. The summed E-state index contributed by atoms with van der Waals surface area (Å²) in [5.41, 5.74) is 2.66. The molecule has 0 radical (unpaired) electrons. The van der Waals surface area contributed by atoms with E-state index in [4.69, 9.17) is 4.74 Å². The Morgan fingerprint density at radius 3 is 2.31 bits per heavy atom. The SMILES string of the molecule is Cc1ccc(C2=C(c3cc(F)c(S(C)(=O)=O)cc3F)COC2=O)cc1C. The van der Waals surface area contributed by atoms with Crippen molar-refractivity contribution >= 4 is 27.0 Å². The highest BCUT2D eigenvalue weighted by atomic mass is 32.2.